The predicted molar refractivity (Wildman–Crippen MR) is 78.1 cm³/mol. The van der Waals surface area contributed by atoms with E-state index in [9.17, 15) is 0 Å². The average Bonchev–Trinajstić information content (AvgIpc) is 2.97. The van der Waals surface area contributed by atoms with Crippen LogP contribution >= 0.6 is 0 Å². The largest absolute Gasteiger partial charge is 0.398 e. The zero-order chi connectivity index (χ0) is 13.9. The Morgan fingerprint density at radius 2 is 1.80 bits per heavy atom. The Morgan fingerprint density at radius 3 is 2.60 bits per heavy atom. The second-order valence-electron chi connectivity index (χ2n) is 4.39. The maximum absolute atomic E-state index is 9.14. The van der Waals surface area contributed by atoms with Gasteiger partial charge in [0.25, 0.3) is 0 Å². The van der Waals surface area contributed by atoms with Gasteiger partial charge in [0, 0.05) is 23.0 Å². The molecule has 0 amide bonds. The Morgan fingerprint density at radius 1 is 1.05 bits per heavy atom. The summed E-state index contributed by atoms with van der Waals surface area (Å²) in [4.78, 5) is 0. The second-order valence-corrected chi connectivity index (χ2v) is 4.39. The van der Waals surface area contributed by atoms with Crippen LogP contribution in [0.3, 0.4) is 0 Å². The Kier molecular flexibility index (Phi) is 2.94. The lowest BCUT2D eigenvalue weighted by Crippen LogP contribution is -1.97. The van der Waals surface area contributed by atoms with E-state index < -0.39 is 0 Å². The van der Waals surface area contributed by atoms with Crippen molar-refractivity contribution in [3.63, 3.8) is 0 Å². The molecule has 2 aromatic carbocycles. The fraction of sp³-hybridized carbons (Fsp3) is 0. The molecule has 0 bridgehead atoms. The van der Waals surface area contributed by atoms with Crippen molar-refractivity contribution in [3.05, 3.63) is 66.5 Å². The lowest BCUT2D eigenvalue weighted by Gasteiger charge is -2.03. The van der Waals surface area contributed by atoms with Crippen LogP contribution in [-0.4, -0.2) is 9.78 Å². The number of nitrogens with zero attached hydrogens (tertiary/aromatic N) is 3. The Balaban J connectivity index is 2.08. The molecule has 1 heterocycles. The van der Waals surface area contributed by atoms with Gasteiger partial charge in [0.2, 0.25) is 0 Å². The molecule has 4 heteroatoms. The van der Waals surface area contributed by atoms with E-state index in [4.69, 9.17) is 11.0 Å². The summed E-state index contributed by atoms with van der Waals surface area (Å²) in [6.07, 6.45) is 3.63. The predicted octanol–water partition coefficient (Wildman–Crippen LogP) is 2.99. The molecule has 0 saturated carbocycles. The number of hydrogen-bond donors (Lipinski definition) is 1. The van der Waals surface area contributed by atoms with E-state index in [1.54, 1.807) is 16.9 Å². The molecule has 0 fully saturated rings. The van der Waals surface area contributed by atoms with Crippen LogP contribution in [0.25, 0.3) is 16.8 Å². The number of benzene rings is 2. The van der Waals surface area contributed by atoms with Crippen LogP contribution in [0.5, 0.6) is 0 Å². The molecule has 3 aromatic rings. The molecule has 0 saturated heterocycles. The number of nitrogen functional groups attached to an aromatic ring is 1. The van der Waals surface area contributed by atoms with Crippen molar-refractivity contribution < 1.29 is 0 Å². The molecule has 4 nitrogen and oxygen atoms in total. The van der Waals surface area contributed by atoms with E-state index in [2.05, 4.69) is 11.2 Å². The summed E-state index contributed by atoms with van der Waals surface area (Å²) < 4.78 is 1.69. The third-order valence-electron chi connectivity index (χ3n) is 3.13. The molecular formula is C16H12N4. The highest BCUT2D eigenvalue weighted by atomic mass is 15.3. The molecule has 0 spiro atoms. The molecule has 0 aliphatic heterocycles. The van der Waals surface area contributed by atoms with Gasteiger partial charge in [-0.3, -0.25) is 0 Å². The number of hydrogen-bond acceptors (Lipinski definition) is 3. The summed E-state index contributed by atoms with van der Waals surface area (Å²) >= 11 is 0. The first kappa shape index (κ1) is 12.0. The first-order valence-corrected chi connectivity index (χ1v) is 6.18. The van der Waals surface area contributed by atoms with Gasteiger partial charge in [-0.05, 0) is 18.2 Å². The number of rotatable bonds is 2. The molecular weight excluding hydrogens is 248 g/mol. The molecule has 2 N–H and O–H groups in total. The van der Waals surface area contributed by atoms with Crippen LogP contribution in [0.4, 0.5) is 5.69 Å². The standard InChI is InChI=1S/C16H12N4/c17-9-12-5-1-4-8-16(12)20-11-13(10-19-20)14-6-2-3-7-15(14)18/h1-8,10-11H,18H2. The number of para-hydroxylation sites is 2. The van der Waals surface area contributed by atoms with Crippen molar-refractivity contribution in [1.29, 1.82) is 5.26 Å². The highest BCUT2D eigenvalue weighted by molar-refractivity contribution is 5.75. The van der Waals surface area contributed by atoms with Crippen molar-refractivity contribution in [1.82, 2.24) is 9.78 Å². The number of nitrogens with two attached hydrogens (primary N) is 1. The van der Waals surface area contributed by atoms with Gasteiger partial charge in [0.15, 0.2) is 0 Å². The molecule has 0 atom stereocenters. The minimum Gasteiger partial charge on any atom is -0.398 e. The van der Waals surface area contributed by atoms with Gasteiger partial charge >= 0.3 is 0 Å². The molecule has 0 aliphatic carbocycles. The molecule has 20 heavy (non-hydrogen) atoms. The molecule has 0 aliphatic rings. The van der Waals surface area contributed by atoms with Crippen LogP contribution in [0.2, 0.25) is 0 Å². The van der Waals surface area contributed by atoms with Gasteiger partial charge in [0.1, 0.15) is 6.07 Å². The van der Waals surface area contributed by atoms with Crippen LogP contribution in [0, 0.1) is 11.3 Å². The summed E-state index contributed by atoms with van der Waals surface area (Å²) in [5.41, 5.74) is 9.89. The summed E-state index contributed by atoms with van der Waals surface area (Å²) in [6, 6.07) is 17.2. The van der Waals surface area contributed by atoms with E-state index in [0.29, 0.717) is 11.3 Å². The minimum absolute atomic E-state index is 0.586. The van der Waals surface area contributed by atoms with E-state index in [-0.39, 0.29) is 0 Å². The molecule has 3 rings (SSSR count). The monoisotopic (exact) mass is 260 g/mol. The van der Waals surface area contributed by atoms with Crippen molar-refractivity contribution in [2.75, 3.05) is 5.73 Å². The minimum atomic E-state index is 0.586. The average molecular weight is 260 g/mol. The number of anilines is 1. The molecule has 0 radical (unpaired) electrons. The van der Waals surface area contributed by atoms with Crippen LogP contribution in [0.1, 0.15) is 5.56 Å². The maximum atomic E-state index is 9.14. The normalized spacial score (nSPS) is 10.2. The van der Waals surface area contributed by atoms with Crippen molar-refractivity contribution in [2.24, 2.45) is 0 Å². The van der Waals surface area contributed by atoms with E-state index in [1.807, 2.05) is 48.7 Å². The van der Waals surface area contributed by atoms with Crippen molar-refractivity contribution >= 4 is 5.69 Å². The number of aromatic nitrogens is 2. The fourth-order valence-corrected chi connectivity index (χ4v) is 2.12. The maximum Gasteiger partial charge on any atom is 0.101 e. The SMILES string of the molecule is N#Cc1ccccc1-n1cc(-c2ccccc2N)cn1. The summed E-state index contributed by atoms with van der Waals surface area (Å²) in [5, 5.41) is 13.5. The third kappa shape index (κ3) is 2.02. The molecule has 1 aromatic heterocycles. The van der Waals surface area contributed by atoms with Crippen LogP contribution in [0.15, 0.2) is 60.9 Å². The van der Waals surface area contributed by atoms with E-state index >= 15 is 0 Å². The van der Waals surface area contributed by atoms with Crippen LogP contribution in [-0.2, 0) is 0 Å². The van der Waals surface area contributed by atoms with Crippen molar-refractivity contribution in [2.45, 2.75) is 0 Å². The lowest BCUT2D eigenvalue weighted by atomic mass is 10.1. The lowest BCUT2D eigenvalue weighted by molar-refractivity contribution is 0.877. The molecule has 96 valence electrons. The van der Waals surface area contributed by atoms with Gasteiger partial charge in [-0.2, -0.15) is 10.4 Å². The zero-order valence-electron chi connectivity index (χ0n) is 10.7. The van der Waals surface area contributed by atoms with Crippen molar-refractivity contribution in [3.8, 4) is 22.9 Å². The quantitative estimate of drug-likeness (QED) is 0.720. The topological polar surface area (TPSA) is 67.6 Å². The highest BCUT2D eigenvalue weighted by Crippen LogP contribution is 2.26. The van der Waals surface area contributed by atoms with Gasteiger partial charge in [0.05, 0.1) is 17.4 Å². The Bertz CT molecular complexity index is 796. The van der Waals surface area contributed by atoms with Gasteiger partial charge in [-0.25, -0.2) is 4.68 Å². The summed E-state index contributed by atoms with van der Waals surface area (Å²) in [7, 11) is 0. The first-order chi connectivity index (χ1) is 9.79. The smallest absolute Gasteiger partial charge is 0.101 e. The summed E-state index contributed by atoms with van der Waals surface area (Å²) in [6.45, 7) is 0. The third-order valence-corrected chi connectivity index (χ3v) is 3.13. The number of nitriles is 1. The van der Waals surface area contributed by atoms with E-state index in [1.165, 1.54) is 0 Å². The highest BCUT2D eigenvalue weighted by Gasteiger charge is 2.08. The van der Waals surface area contributed by atoms with E-state index in [0.717, 1.165) is 16.8 Å². The van der Waals surface area contributed by atoms with Gasteiger partial charge in [-0.15, -0.1) is 0 Å². The summed E-state index contributed by atoms with van der Waals surface area (Å²) in [5.74, 6) is 0. The Hall–Kier alpha value is -3.06. The fourth-order valence-electron chi connectivity index (χ4n) is 2.12. The Labute approximate surface area is 116 Å². The zero-order valence-corrected chi connectivity index (χ0v) is 10.7. The molecule has 0 unspecified atom stereocenters. The van der Waals surface area contributed by atoms with Gasteiger partial charge in [-0.1, -0.05) is 30.3 Å². The van der Waals surface area contributed by atoms with Gasteiger partial charge < -0.3 is 5.73 Å². The first-order valence-electron chi connectivity index (χ1n) is 6.18. The second kappa shape index (κ2) is 4.90. The van der Waals surface area contributed by atoms with Crippen LogP contribution < -0.4 is 5.73 Å².